The van der Waals surface area contributed by atoms with Gasteiger partial charge in [0.25, 0.3) is 6.42 Å². The van der Waals surface area contributed by atoms with Crippen LogP contribution in [0.2, 0.25) is 0 Å². The van der Waals surface area contributed by atoms with Crippen LogP contribution < -0.4 is 5.43 Å². The van der Waals surface area contributed by atoms with Gasteiger partial charge in [-0.05, 0) is 6.42 Å². The summed E-state index contributed by atoms with van der Waals surface area (Å²) >= 11 is 0. The molecule has 0 radical (unpaired) electrons. The molecule has 1 heterocycles. The van der Waals surface area contributed by atoms with Crippen LogP contribution in [0.1, 0.15) is 13.3 Å². The van der Waals surface area contributed by atoms with Crippen LogP contribution in [0.15, 0.2) is 5.10 Å². The molecule has 1 rings (SSSR count). The molecule has 0 saturated carbocycles. The molecule has 0 aromatic heterocycles. The van der Waals surface area contributed by atoms with Gasteiger partial charge in [0.2, 0.25) is 0 Å². The van der Waals surface area contributed by atoms with Gasteiger partial charge in [0.05, 0.1) is 0 Å². The number of nitrogens with zero attached hydrogens (tertiary/aromatic N) is 2. The van der Waals surface area contributed by atoms with Crippen molar-refractivity contribution in [1.29, 1.82) is 0 Å². The molecule has 0 aliphatic carbocycles. The Hall–Kier alpha value is -0.800. The Morgan fingerprint density at radius 2 is 2.67 bits per heavy atom. The van der Waals surface area contributed by atoms with E-state index in [9.17, 15) is 4.39 Å². The maximum absolute atomic E-state index is 12.5. The molecule has 0 fully saturated rings. The normalized spacial score (nSPS) is 24.7. The van der Waals surface area contributed by atoms with Gasteiger partial charge >= 0.3 is 0 Å². The fourth-order valence-electron chi connectivity index (χ4n) is 0.731. The maximum Gasteiger partial charge on any atom is 0.262 e. The molecule has 1 unspecified atom stereocenters. The number of hydrazone groups is 1. The second kappa shape index (κ2) is 2.66. The standard InChI is InChI=1S/C5H10FN3/c1-2-3-9-4-7-8-5(9)6/h4-5,8H,2-3H2,1H3. The van der Waals surface area contributed by atoms with E-state index in [0.29, 0.717) is 0 Å². The molecule has 0 bridgehead atoms. The van der Waals surface area contributed by atoms with E-state index < -0.39 is 6.42 Å². The summed E-state index contributed by atoms with van der Waals surface area (Å²) < 4.78 is 12.5. The van der Waals surface area contributed by atoms with Crippen molar-refractivity contribution in [2.45, 2.75) is 19.8 Å². The molecule has 52 valence electrons. The average molecular weight is 131 g/mol. The summed E-state index contributed by atoms with van der Waals surface area (Å²) in [6.07, 6.45) is 1.31. The molecule has 1 N–H and O–H groups in total. The molecule has 0 amide bonds. The number of hydrogen-bond donors (Lipinski definition) is 1. The molecule has 3 nitrogen and oxygen atoms in total. The lowest BCUT2D eigenvalue weighted by molar-refractivity contribution is 0.144. The third kappa shape index (κ3) is 1.31. The first-order chi connectivity index (χ1) is 4.34. The molecule has 4 heteroatoms. The van der Waals surface area contributed by atoms with Gasteiger partial charge in [-0.15, -0.1) is 0 Å². The minimum absolute atomic E-state index is 0.720. The van der Waals surface area contributed by atoms with Crippen molar-refractivity contribution in [1.82, 2.24) is 10.3 Å². The van der Waals surface area contributed by atoms with Crippen molar-refractivity contribution in [3.63, 3.8) is 0 Å². The van der Waals surface area contributed by atoms with Crippen molar-refractivity contribution in [2.24, 2.45) is 5.10 Å². The molecular formula is C5H10FN3. The first-order valence-electron chi connectivity index (χ1n) is 3.03. The number of rotatable bonds is 2. The Balaban J connectivity index is 2.31. The van der Waals surface area contributed by atoms with Crippen molar-refractivity contribution >= 4 is 6.34 Å². The largest absolute Gasteiger partial charge is 0.313 e. The number of hydrogen-bond acceptors (Lipinski definition) is 3. The van der Waals surface area contributed by atoms with Gasteiger partial charge in [0.1, 0.15) is 6.34 Å². The average Bonchev–Trinajstić information content (AvgIpc) is 2.18. The highest BCUT2D eigenvalue weighted by Crippen LogP contribution is 2.00. The number of nitrogens with one attached hydrogen (secondary N) is 1. The van der Waals surface area contributed by atoms with Crippen LogP contribution in [0, 0.1) is 0 Å². The molecule has 0 aromatic rings. The van der Waals surface area contributed by atoms with E-state index in [0.717, 1.165) is 13.0 Å². The minimum Gasteiger partial charge on any atom is -0.313 e. The van der Waals surface area contributed by atoms with E-state index in [4.69, 9.17) is 0 Å². The van der Waals surface area contributed by atoms with E-state index in [-0.39, 0.29) is 0 Å². The summed E-state index contributed by atoms with van der Waals surface area (Å²) in [5.74, 6) is 0. The van der Waals surface area contributed by atoms with E-state index in [1.165, 1.54) is 11.2 Å². The first kappa shape index (κ1) is 6.32. The Morgan fingerprint density at radius 3 is 3.11 bits per heavy atom. The molecule has 1 aliphatic heterocycles. The lowest BCUT2D eigenvalue weighted by Gasteiger charge is -2.14. The molecule has 0 spiro atoms. The highest BCUT2D eigenvalue weighted by atomic mass is 19.1. The van der Waals surface area contributed by atoms with Gasteiger partial charge in [-0.25, -0.2) is 0 Å². The molecule has 1 atom stereocenters. The Kier molecular flexibility index (Phi) is 1.87. The van der Waals surface area contributed by atoms with Crippen molar-refractivity contribution in [2.75, 3.05) is 6.54 Å². The summed E-state index contributed by atoms with van der Waals surface area (Å²) in [6.45, 7) is 2.72. The molecule has 0 saturated heterocycles. The van der Waals surface area contributed by atoms with Crippen LogP contribution >= 0.6 is 0 Å². The maximum atomic E-state index is 12.5. The highest BCUT2D eigenvalue weighted by Gasteiger charge is 2.15. The lowest BCUT2D eigenvalue weighted by Crippen LogP contribution is -2.32. The zero-order valence-corrected chi connectivity index (χ0v) is 5.34. The molecule has 0 aromatic carbocycles. The zero-order chi connectivity index (χ0) is 6.69. The van der Waals surface area contributed by atoms with E-state index in [2.05, 4.69) is 10.5 Å². The zero-order valence-electron chi connectivity index (χ0n) is 5.34. The van der Waals surface area contributed by atoms with Crippen LogP contribution in [0.25, 0.3) is 0 Å². The third-order valence-electron chi connectivity index (χ3n) is 1.16. The highest BCUT2D eigenvalue weighted by molar-refractivity contribution is 5.56. The van der Waals surface area contributed by atoms with E-state index >= 15 is 0 Å². The first-order valence-corrected chi connectivity index (χ1v) is 3.03. The SMILES string of the molecule is CCCN1C=NNC1F. The predicted molar refractivity (Wildman–Crippen MR) is 33.5 cm³/mol. The van der Waals surface area contributed by atoms with Crippen LogP contribution in [-0.2, 0) is 0 Å². The molecule has 9 heavy (non-hydrogen) atoms. The monoisotopic (exact) mass is 131 g/mol. The number of halogens is 1. The summed E-state index contributed by atoms with van der Waals surface area (Å²) in [4.78, 5) is 1.51. The Morgan fingerprint density at radius 1 is 1.89 bits per heavy atom. The lowest BCUT2D eigenvalue weighted by atomic mass is 10.4. The summed E-state index contributed by atoms with van der Waals surface area (Å²) in [7, 11) is 0. The van der Waals surface area contributed by atoms with Gasteiger partial charge < -0.3 is 4.90 Å². The van der Waals surface area contributed by atoms with Gasteiger partial charge in [0.15, 0.2) is 0 Å². The molecule has 1 aliphatic rings. The minimum atomic E-state index is -1.11. The van der Waals surface area contributed by atoms with Gasteiger partial charge in [-0.1, -0.05) is 6.92 Å². The summed E-state index contributed by atoms with van der Waals surface area (Å²) in [5, 5.41) is 3.54. The number of alkyl halides is 1. The van der Waals surface area contributed by atoms with Crippen LogP contribution in [0.3, 0.4) is 0 Å². The molecular weight excluding hydrogens is 121 g/mol. The topological polar surface area (TPSA) is 27.6 Å². The summed E-state index contributed by atoms with van der Waals surface area (Å²) in [5.41, 5.74) is 2.28. The predicted octanol–water partition coefficient (Wildman–Crippen LogP) is 0.498. The van der Waals surface area contributed by atoms with Crippen molar-refractivity contribution in [3.8, 4) is 0 Å². The second-order valence-electron chi connectivity index (χ2n) is 1.95. The second-order valence-corrected chi connectivity index (χ2v) is 1.95. The van der Waals surface area contributed by atoms with Gasteiger partial charge in [0, 0.05) is 6.54 Å². The van der Waals surface area contributed by atoms with Crippen molar-refractivity contribution in [3.05, 3.63) is 0 Å². The Labute approximate surface area is 53.5 Å². The fraction of sp³-hybridized carbons (Fsp3) is 0.800. The Bertz CT molecular complexity index is 115. The van der Waals surface area contributed by atoms with E-state index in [1.54, 1.807) is 0 Å². The van der Waals surface area contributed by atoms with Crippen molar-refractivity contribution < 1.29 is 4.39 Å². The van der Waals surface area contributed by atoms with Gasteiger partial charge in [-0.3, -0.25) is 5.43 Å². The quantitative estimate of drug-likeness (QED) is 0.552. The van der Waals surface area contributed by atoms with Crippen LogP contribution in [-0.4, -0.2) is 24.2 Å². The third-order valence-corrected chi connectivity index (χ3v) is 1.16. The fourth-order valence-corrected chi connectivity index (χ4v) is 0.731. The van der Waals surface area contributed by atoms with Gasteiger partial charge in [-0.2, -0.15) is 9.49 Å². The van der Waals surface area contributed by atoms with Crippen LogP contribution in [0.4, 0.5) is 4.39 Å². The smallest absolute Gasteiger partial charge is 0.262 e. The van der Waals surface area contributed by atoms with Crippen LogP contribution in [0.5, 0.6) is 0 Å². The van der Waals surface area contributed by atoms with E-state index in [1.807, 2.05) is 6.92 Å². The summed E-state index contributed by atoms with van der Waals surface area (Å²) in [6, 6.07) is 0.